The smallest absolute Gasteiger partial charge is 0.148 e. The quantitative estimate of drug-likeness (QED) is 0.637. The second-order valence-electron chi connectivity index (χ2n) is 7.06. The predicted molar refractivity (Wildman–Crippen MR) is 108 cm³/mol. The lowest BCUT2D eigenvalue weighted by Gasteiger charge is -2.26. The highest BCUT2D eigenvalue weighted by Crippen LogP contribution is 2.31. The number of nitrogens with zero attached hydrogens (tertiary/aromatic N) is 4. The number of para-hydroxylation sites is 1. The van der Waals surface area contributed by atoms with Gasteiger partial charge >= 0.3 is 0 Å². The van der Waals surface area contributed by atoms with E-state index >= 15 is 0 Å². The largest absolute Gasteiger partial charge is 0.493 e. The summed E-state index contributed by atoms with van der Waals surface area (Å²) in [5.41, 5.74) is 3.98. The third-order valence-electron chi connectivity index (χ3n) is 5.08. The summed E-state index contributed by atoms with van der Waals surface area (Å²) in [6, 6.07) is 8.09. The molecule has 3 aromatic rings. The van der Waals surface area contributed by atoms with Gasteiger partial charge in [0.2, 0.25) is 0 Å². The van der Waals surface area contributed by atoms with Gasteiger partial charge in [0.05, 0.1) is 42.5 Å². The molecular weight excluding hydrogens is 354 g/mol. The molecule has 0 amide bonds. The average molecular weight is 381 g/mol. The summed E-state index contributed by atoms with van der Waals surface area (Å²) >= 11 is 0. The number of hydrogen-bond donors (Lipinski definition) is 1. The number of imidazole rings is 1. The zero-order chi connectivity index (χ0) is 19.3. The lowest BCUT2D eigenvalue weighted by atomic mass is 10.1. The molecule has 0 spiro atoms. The Hall–Kier alpha value is -2.64. The van der Waals surface area contributed by atoms with Crippen LogP contribution in [0, 0.1) is 13.8 Å². The van der Waals surface area contributed by atoms with Crippen LogP contribution in [0.3, 0.4) is 0 Å². The van der Waals surface area contributed by atoms with Gasteiger partial charge in [0.1, 0.15) is 11.6 Å². The fraction of sp³-hybridized carbons (Fsp3) is 0.429. The summed E-state index contributed by atoms with van der Waals surface area (Å²) in [6.45, 7) is 9.42. The van der Waals surface area contributed by atoms with Gasteiger partial charge in [-0.1, -0.05) is 12.1 Å². The summed E-state index contributed by atoms with van der Waals surface area (Å²) in [7, 11) is 0. The Morgan fingerprint density at radius 2 is 2.00 bits per heavy atom. The molecule has 0 bridgehead atoms. The monoisotopic (exact) mass is 381 g/mol. The maximum atomic E-state index is 6.15. The van der Waals surface area contributed by atoms with E-state index in [9.17, 15) is 0 Å². The van der Waals surface area contributed by atoms with Crippen LogP contribution in [-0.4, -0.2) is 64.1 Å². The Morgan fingerprint density at radius 3 is 2.79 bits per heavy atom. The topological polar surface area (TPSA) is 68.2 Å². The number of hydrogen-bond acceptors (Lipinski definition) is 5. The molecule has 1 aliphatic rings. The number of nitrogens with one attached hydrogen (secondary N) is 1. The molecule has 1 saturated heterocycles. The highest BCUT2D eigenvalue weighted by molar-refractivity contribution is 5.67. The van der Waals surface area contributed by atoms with E-state index in [2.05, 4.69) is 30.7 Å². The van der Waals surface area contributed by atoms with Crippen LogP contribution in [0.15, 0.2) is 36.7 Å². The Morgan fingerprint density at radius 1 is 1.18 bits per heavy atom. The van der Waals surface area contributed by atoms with E-state index in [1.54, 1.807) is 0 Å². The fourth-order valence-corrected chi connectivity index (χ4v) is 3.66. The van der Waals surface area contributed by atoms with Gasteiger partial charge in [0.25, 0.3) is 0 Å². The first-order valence-corrected chi connectivity index (χ1v) is 9.81. The molecule has 0 unspecified atom stereocenters. The van der Waals surface area contributed by atoms with Crippen LogP contribution in [0.4, 0.5) is 0 Å². The summed E-state index contributed by atoms with van der Waals surface area (Å²) < 4.78 is 13.6. The average Bonchev–Trinajstić information content (AvgIpc) is 3.32. The summed E-state index contributed by atoms with van der Waals surface area (Å²) in [4.78, 5) is 7.03. The molecule has 148 valence electrons. The van der Waals surface area contributed by atoms with E-state index in [0.29, 0.717) is 6.61 Å². The van der Waals surface area contributed by atoms with Gasteiger partial charge < -0.3 is 9.47 Å². The van der Waals surface area contributed by atoms with E-state index in [0.717, 1.165) is 73.5 Å². The number of aromatic nitrogens is 4. The molecule has 1 aromatic carbocycles. The third kappa shape index (κ3) is 3.95. The number of morpholine rings is 1. The third-order valence-corrected chi connectivity index (χ3v) is 5.08. The normalized spacial score (nSPS) is 15.1. The second kappa shape index (κ2) is 8.58. The molecular formula is C21H27N5O2. The Bertz CT molecular complexity index is 892. The van der Waals surface area contributed by atoms with Crippen molar-refractivity contribution < 1.29 is 9.47 Å². The Balaban J connectivity index is 1.49. The molecule has 28 heavy (non-hydrogen) atoms. The molecule has 1 fully saturated rings. The first kappa shape index (κ1) is 18.7. The minimum Gasteiger partial charge on any atom is -0.493 e. The molecule has 7 heteroatoms. The van der Waals surface area contributed by atoms with Crippen LogP contribution in [0.2, 0.25) is 0 Å². The molecule has 1 N–H and O–H groups in total. The van der Waals surface area contributed by atoms with Crippen LogP contribution >= 0.6 is 0 Å². The predicted octanol–water partition coefficient (Wildman–Crippen LogP) is 2.98. The van der Waals surface area contributed by atoms with Crippen molar-refractivity contribution in [1.82, 2.24) is 24.6 Å². The summed E-state index contributed by atoms with van der Waals surface area (Å²) in [5.74, 6) is 1.71. The van der Waals surface area contributed by atoms with Gasteiger partial charge in [-0.2, -0.15) is 5.10 Å². The van der Waals surface area contributed by atoms with Gasteiger partial charge in [-0.25, -0.2) is 4.98 Å². The van der Waals surface area contributed by atoms with Crippen LogP contribution in [0.25, 0.3) is 17.1 Å². The lowest BCUT2D eigenvalue weighted by Crippen LogP contribution is -2.37. The van der Waals surface area contributed by atoms with Crippen molar-refractivity contribution in [3.05, 3.63) is 48.0 Å². The van der Waals surface area contributed by atoms with Crippen molar-refractivity contribution >= 4 is 0 Å². The first-order chi connectivity index (χ1) is 13.7. The molecule has 0 aliphatic carbocycles. The molecule has 7 nitrogen and oxygen atoms in total. The van der Waals surface area contributed by atoms with E-state index in [1.807, 2.05) is 44.4 Å². The van der Waals surface area contributed by atoms with Gasteiger partial charge in [0.15, 0.2) is 0 Å². The molecule has 0 saturated carbocycles. The highest BCUT2D eigenvalue weighted by Gasteiger charge is 2.17. The molecule has 2 aromatic heterocycles. The van der Waals surface area contributed by atoms with Gasteiger partial charge in [-0.05, 0) is 32.4 Å². The highest BCUT2D eigenvalue weighted by atomic mass is 16.5. The number of rotatable bonds is 7. The Kier molecular flexibility index (Phi) is 5.73. The summed E-state index contributed by atoms with van der Waals surface area (Å²) in [5, 5.41) is 7.36. The molecule has 1 aliphatic heterocycles. The zero-order valence-corrected chi connectivity index (χ0v) is 16.5. The Labute approximate surface area is 165 Å². The maximum absolute atomic E-state index is 6.15. The zero-order valence-electron chi connectivity index (χ0n) is 16.5. The van der Waals surface area contributed by atoms with Gasteiger partial charge in [-0.15, -0.1) is 0 Å². The first-order valence-electron chi connectivity index (χ1n) is 9.81. The fourth-order valence-electron chi connectivity index (χ4n) is 3.66. The number of aromatic amines is 1. The van der Waals surface area contributed by atoms with Crippen LogP contribution < -0.4 is 4.74 Å². The lowest BCUT2D eigenvalue weighted by molar-refractivity contribution is 0.0358. The molecule has 0 atom stereocenters. The number of aryl methyl sites for hydroxylation is 2. The van der Waals surface area contributed by atoms with Crippen molar-refractivity contribution in [2.75, 3.05) is 39.5 Å². The molecule has 4 rings (SSSR count). The van der Waals surface area contributed by atoms with Crippen molar-refractivity contribution in [2.45, 2.75) is 20.3 Å². The van der Waals surface area contributed by atoms with E-state index in [4.69, 9.17) is 9.47 Å². The van der Waals surface area contributed by atoms with Crippen molar-refractivity contribution in [2.24, 2.45) is 0 Å². The molecule has 0 radical (unpaired) electrons. The van der Waals surface area contributed by atoms with E-state index < -0.39 is 0 Å². The summed E-state index contributed by atoms with van der Waals surface area (Å²) in [6.07, 6.45) is 4.77. The molecule has 3 heterocycles. The van der Waals surface area contributed by atoms with Crippen molar-refractivity contribution in [3.63, 3.8) is 0 Å². The number of ether oxygens (including phenoxy) is 2. The van der Waals surface area contributed by atoms with Gasteiger partial charge in [-0.3, -0.25) is 14.6 Å². The standard InChI is InChI=1S/C21H27N5O2/c1-16-20(17(2)24-23-16)26-10-8-22-21(26)18-6-3-4-7-19(18)28-13-5-9-25-11-14-27-15-12-25/h3-4,6-8,10H,5,9,11-15H2,1-2H3,(H,23,24). The minimum atomic E-state index is 0.679. The van der Waals surface area contributed by atoms with Crippen LogP contribution in [-0.2, 0) is 4.74 Å². The SMILES string of the molecule is Cc1n[nH]c(C)c1-n1ccnc1-c1ccccc1OCCCN1CCOCC1. The maximum Gasteiger partial charge on any atom is 0.148 e. The van der Waals surface area contributed by atoms with Gasteiger partial charge in [0, 0.05) is 32.0 Å². The number of H-pyrrole nitrogens is 1. The van der Waals surface area contributed by atoms with E-state index in [1.165, 1.54) is 0 Å². The van der Waals surface area contributed by atoms with Crippen LogP contribution in [0.1, 0.15) is 17.8 Å². The van der Waals surface area contributed by atoms with Crippen molar-refractivity contribution in [1.29, 1.82) is 0 Å². The van der Waals surface area contributed by atoms with E-state index in [-0.39, 0.29) is 0 Å². The minimum absolute atomic E-state index is 0.679. The van der Waals surface area contributed by atoms with Crippen molar-refractivity contribution in [3.8, 4) is 22.8 Å². The van der Waals surface area contributed by atoms with Crippen LogP contribution in [0.5, 0.6) is 5.75 Å². The second-order valence-corrected chi connectivity index (χ2v) is 7.06. The number of benzene rings is 1.